The Bertz CT molecular complexity index is 303. The first kappa shape index (κ1) is 12.6. The van der Waals surface area contributed by atoms with Gasteiger partial charge in [-0.05, 0) is 11.0 Å². The second-order valence-electron chi connectivity index (χ2n) is 4.52. The zero-order valence-corrected chi connectivity index (χ0v) is 10.2. The van der Waals surface area contributed by atoms with E-state index in [-0.39, 0.29) is 4.75 Å². The number of rotatable bonds is 3. The fraction of sp³-hybridized carbons (Fsp3) is 0.455. The molecule has 0 radical (unpaired) electrons. The minimum atomic E-state index is -1.37. The molecule has 0 aromatic heterocycles. The van der Waals surface area contributed by atoms with Gasteiger partial charge in [0.2, 0.25) is 0 Å². The summed E-state index contributed by atoms with van der Waals surface area (Å²) in [6.07, 6.45) is 0. The molecule has 0 aliphatic rings. The Balaban J connectivity index is 2.57. The predicted molar refractivity (Wildman–Crippen MR) is 67.3 cm³/mol. The summed E-state index contributed by atoms with van der Waals surface area (Å²) in [7, 11) is -1.37. The van der Waals surface area contributed by atoms with Crippen molar-refractivity contribution < 1.29 is 10.0 Å². The van der Waals surface area contributed by atoms with Gasteiger partial charge in [0.15, 0.2) is 0 Å². The van der Waals surface area contributed by atoms with E-state index in [2.05, 4.69) is 20.8 Å². The van der Waals surface area contributed by atoms with Gasteiger partial charge in [-0.1, -0.05) is 45.0 Å². The van der Waals surface area contributed by atoms with E-state index >= 15 is 0 Å². The van der Waals surface area contributed by atoms with Crippen LogP contribution in [0.4, 0.5) is 0 Å². The molecule has 1 aromatic carbocycles. The lowest BCUT2D eigenvalue weighted by molar-refractivity contribution is 0.426. The normalized spacial score (nSPS) is 11.5. The van der Waals surface area contributed by atoms with Crippen LogP contribution in [0.3, 0.4) is 0 Å². The molecular weight excluding hydrogens is 207 g/mol. The van der Waals surface area contributed by atoms with Gasteiger partial charge in [0.25, 0.3) is 0 Å². The van der Waals surface area contributed by atoms with Crippen LogP contribution in [-0.4, -0.2) is 21.9 Å². The lowest BCUT2D eigenvalue weighted by Crippen LogP contribution is -2.29. The van der Waals surface area contributed by atoms with Crippen molar-refractivity contribution in [1.82, 2.24) is 0 Å². The first-order chi connectivity index (χ1) is 6.88. The van der Waals surface area contributed by atoms with Gasteiger partial charge in [-0.3, -0.25) is 0 Å². The highest BCUT2D eigenvalue weighted by Crippen LogP contribution is 2.26. The van der Waals surface area contributed by atoms with E-state index < -0.39 is 7.12 Å². The van der Waals surface area contributed by atoms with Crippen molar-refractivity contribution in [2.45, 2.75) is 31.3 Å². The number of hydrogen-bond donors (Lipinski definition) is 2. The van der Waals surface area contributed by atoms with E-state index in [1.54, 1.807) is 12.1 Å². The Morgan fingerprint density at radius 1 is 1.13 bits per heavy atom. The molecule has 0 bridgehead atoms. The Morgan fingerprint density at radius 2 is 1.67 bits per heavy atom. The molecule has 0 atom stereocenters. The van der Waals surface area contributed by atoms with Gasteiger partial charge in [0.1, 0.15) is 0 Å². The highest BCUT2D eigenvalue weighted by atomic mass is 32.2. The summed E-state index contributed by atoms with van der Waals surface area (Å²) < 4.78 is 0.259. The Morgan fingerprint density at radius 3 is 2.07 bits per heavy atom. The molecule has 0 aliphatic carbocycles. The Labute approximate surface area is 95.9 Å². The summed E-state index contributed by atoms with van der Waals surface area (Å²) >= 11 is 1.88. The highest BCUT2D eigenvalue weighted by molar-refractivity contribution is 7.99. The molecule has 0 saturated heterocycles. The van der Waals surface area contributed by atoms with Crippen molar-refractivity contribution >= 4 is 24.3 Å². The van der Waals surface area contributed by atoms with Crippen LogP contribution in [0.2, 0.25) is 0 Å². The molecule has 0 heterocycles. The summed E-state index contributed by atoms with van der Waals surface area (Å²) in [6.45, 7) is 6.55. The molecule has 0 aliphatic heterocycles. The number of benzene rings is 1. The average molecular weight is 224 g/mol. The second kappa shape index (κ2) is 5.06. The zero-order valence-electron chi connectivity index (χ0n) is 9.40. The lowest BCUT2D eigenvalue weighted by atomic mass is 9.80. The highest BCUT2D eigenvalue weighted by Gasteiger charge is 2.12. The first-order valence-electron chi connectivity index (χ1n) is 4.97. The van der Waals surface area contributed by atoms with Crippen molar-refractivity contribution in [2.75, 3.05) is 0 Å². The van der Waals surface area contributed by atoms with Crippen LogP contribution in [0, 0.1) is 0 Å². The van der Waals surface area contributed by atoms with Crippen molar-refractivity contribution in [3.05, 3.63) is 29.8 Å². The van der Waals surface area contributed by atoms with Gasteiger partial charge < -0.3 is 10.0 Å². The van der Waals surface area contributed by atoms with Gasteiger partial charge in [-0.2, -0.15) is 11.8 Å². The molecule has 0 fully saturated rings. The van der Waals surface area contributed by atoms with Crippen molar-refractivity contribution in [3.8, 4) is 0 Å². The van der Waals surface area contributed by atoms with Crippen molar-refractivity contribution in [3.63, 3.8) is 0 Å². The molecule has 82 valence electrons. The molecule has 15 heavy (non-hydrogen) atoms. The third-order valence-corrected chi connectivity index (χ3v) is 3.29. The average Bonchev–Trinajstić information content (AvgIpc) is 2.14. The van der Waals surface area contributed by atoms with Crippen LogP contribution in [0.1, 0.15) is 26.3 Å². The molecule has 0 amide bonds. The van der Waals surface area contributed by atoms with E-state index in [0.717, 1.165) is 5.75 Å². The maximum atomic E-state index is 8.92. The largest absolute Gasteiger partial charge is 0.488 e. The third kappa shape index (κ3) is 4.73. The summed E-state index contributed by atoms with van der Waals surface area (Å²) in [5.41, 5.74) is 1.75. The standard InChI is InChI=1S/C11H17BO2S/c1-11(2,3)15-8-9-4-6-10(7-5-9)12(13)14/h4-7,13-14H,8H2,1-3H3. The number of thioether (sulfide) groups is 1. The lowest BCUT2D eigenvalue weighted by Gasteiger charge is -2.17. The number of hydrogen-bond acceptors (Lipinski definition) is 3. The van der Waals surface area contributed by atoms with Gasteiger partial charge >= 0.3 is 7.12 Å². The van der Waals surface area contributed by atoms with E-state index in [1.807, 2.05) is 23.9 Å². The van der Waals surface area contributed by atoms with Crippen LogP contribution in [0.15, 0.2) is 24.3 Å². The maximum absolute atomic E-state index is 8.92. The Hall–Kier alpha value is -0.445. The van der Waals surface area contributed by atoms with Gasteiger partial charge in [-0.25, -0.2) is 0 Å². The SMILES string of the molecule is CC(C)(C)SCc1ccc(B(O)O)cc1. The van der Waals surface area contributed by atoms with Crippen LogP contribution in [-0.2, 0) is 5.75 Å². The van der Waals surface area contributed by atoms with Gasteiger partial charge in [0.05, 0.1) is 0 Å². The van der Waals surface area contributed by atoms with Gasteiger partial charge in [0, 0.05) is 10.5 Å². The van der Waals surface area contributed by atoms with E-state index in [1.165, 1.54) is 5.56 Å². The van der Waals surface area contributed by atoms with E-state index in [4.69, 9.17) is 10.0 Å². The fourth-order valence-corrected chi connectivity index (χ4v) is 1.88. The Kier molecular flexibility index (Phi) is 4.26. The second-order valence-corrected chi connectivity index (χ2v) is 6.32. The summed E-state index contributed by atoms with van der Waals surface area (Å²) in [5, 5.41) is 17.8. The molecule has 2 N–H and O–H groups in total. The van der Waals surface area contributed by atoms with Crippen molar-refractivity contribution in [2.24, 2.45) is 0 Å². The topological polar surface area (TPSA) is 40.5 Å². The minimum absolute atomic E-state index is 0.259. The van der Waals surface area contributed by atoms with E-state index in [9.17, 15) is 0 Å². The van der Waals surface area contributed by atoms with Crippen LogP contribution < -0.4 is 5.46 Å². The molecule has 1 aromatic rings. The zero-order chi connectivity index (χ0) is 11.5. The quantitative estimate of drug-likeness (QED) is 0.762. The smallest absolute Gasteiger partial charge is 0.423 e. The van der Waals surface area contributed by atoms with Crippen molar-refractivity contribution in [1.29, 1.82) is 0 Å². The first-order valence-corrected chi connectivity index (χ1v) is 5.96. The summed E-state index contributed by atoms with van der Waals surface area (Å²) in [4.78, 5) is 0. The molecular formula is C11H17BO2S. The molecule has 0 saturated carbocycles. The molecule has 2 nitrogen and oxygen atoms in total. The summed E-state index contributed by atoms with van der Waals surface area (Å²) in [6, 6.07) is 7.38. The summed E-state index contributed by atoms with van der Waals surface area (Å²) in [5.74, 6) is 0.950. The van der Waals surface area contributed by atoms with Crippen LogP contribution in [0.25, 0.3) is 0 Å². The third-order valence-electron chi connectivity index (χ3n) is 1.95. The van der Waals surface area contributed by atoms with Crippen LogP contribution >= 0.6 is 11.8 Å². The molecule has 1 rings (SSSR count). The maximum Gasteiger partial charge on any atom is 0.488 e. The van der Waals surface area contributed by atoms with Crippen LogP contribution in [0.5, 0.6) is 0 Å². The minimum Gasteiger partial charge on any atom is -0.423 e. The molecule has 0 unspecified atom stereocenters. The molecule has 4 heteroatoms. The monoisotopic (exact) mass is 224 g/mol. The van der Waals surface area contributed by atoms with E-state index in [0.29, 0.717) is 5.46 Å². The molecule has 0 spiro atoms. The predicted octanol–water partition coefficient (Wildman–Crippen LogP) is 1.40. The fourth-order valence-electron chi connectivity index (χ4n) is 1.09. The van der Waals surface area contributed by atoms with Gasteiger partial charge in [-0.15, -0.1) is 0 Å².